The van der Waals surface area contributed by atoms with E-state index in [9.17, 15) is 0 Å². The van der Waals surface area contributed by atoms with Crippen LogP contribution in [0.2, 0.25) is 0 Å². The number of aryl methyl sites for hydroxylation is 4. The minimum atomic E-state index is 0. The Balaban J connectivity index is 0.00000280. The van der Waals surface area contributed by atoms with E-state index < -0.39 is 0 Å². The molecule has 0 aromatic carbocycles. The normalized spacial score (nSPS) is 11.2. The minimum absolute atomic E-state index is 0. The molecule has 3 rings (SSSR count). The highest BCUT2D eigenvalue weighted by Crippen LogP contribution is 2.12. The summed E-state index contributed by atoms with van der Waals surface area (Å²) >= 11 is 0. The molecule has 0 fully saturated rings. The average molecular weight is 495 g/mol. The van der Waals surface area contributed by atoms with Gasteiger partial charge in [-0.25, -0.2) is 9.67 Å². The van der Waals surface area contributed by atoms with Gasteiger partial charge in [0.1, 0.15) is 5.76 Å². The van der Waals surface area contributed by atoms with E-state index in [4.69, 9.17) is 4.52 Å². The molecule has 8 nitrogen and oxygen atoms in total. The van der Waals surface area contributed by atoms with E-state index in [-0.39, 0.29) is 24.0 Å². The lowest BCUT2D eigenvalue weighted by molar-refractivity contribution is 0.392. The fourth-order valence-corrected chi connectivity index (χ4v) is 2.84. The van der Waals surface area contributed by atoms with E-state index in [2.05, 4.69) is 30.9 Å². The third-order valence-corrected chi connectivity index (χ3v) is 4.33. The van der Waals surface area contributed by atoms with Crippen molar-refractivity contribution in [3.8, 4) is 5.82 Å². The Morgan fingerprint density at radius 1 is 1.14 bits per heavy atom. The highest BCUT2D eigenvalue weighted by atomic mass is 127. The molecular weight excluding hydrogens is 469 g/mol. The van der Waals surface area contributed by atoms with Gasteiger partial charge in [0.25, 0.3) is 0 Å². The first kappa shape index (κ1) is 21.9. The van der Waals surface area contributed by atoms with Gasteiger partial charge in [0.2, 0.25) is 0 Å². The first-order chi connectivity index (χ1) is 13.0. The van der Waals surface area contributed by atoms with Crippen molar-refractivity contribution >= 4 is 29.9 Å². The number of aromatic nitrogens is 4. The van der Waals surface area contributed by atoms with Gasteiger partial charge in [-0.2, -0.15) is 5.10 Å². The Labute approximate surface area is 181 Å². The van der Waals surface area contributed by atoms with Crippen LogP contribution in [0.5, 0.6) is 0 Å². The van der Waals surface area contributed by atoms with Gasteiger partial charge >= 0.3 is 0 Å². The third kappa shape index (κ3) is 5.09. The van der Waals surface area contributed by atoms with Crippen LogP contribution >= 0.6 is 24.0 Å². The maximum Gasteiger partial charge on any atom is 0.191 e. The molecule has 0 aliphatic heterocycles. The van der Waals surface area contributed by atoms with Crippen LogP contribution in [0.4, 0.5) is 0 Å². The molecule has 0 aliphatic rings. The van der Waals surface area contributed by atoms with Crippen LogP contribution in [0.3, 0.4) is 0 Å². The van der Waals surface area contributed by atoms with Crippen molar-refractivity contribution in [2.45, 2.75) is 40.8 Å². The number of pyridine rings is 1. The smallest absolute Gasteiger partial charge is 0.191 e. The number of guanidine groups is 1. The maximum atomic E-state index is 5.18. The molecular formula is C19H26IN7O. The van der Waals surface area contributed by atoms with E-state index >= 15 is 0 Å². The summed E-state index contributed by atoms with van der Waals surface area (Å²) in [4.78, 5) is 8.77. The Morgan fingerprint density at radius 3 is 2.43 bits per heavy atom. The van der Waals surface area contributed by atoms with Crippen LogP contribution in [-0.2, 0) is 13.1 Å². The van der Waals surface area contributed by atoms with Crippen molar-refractivity contribution in [1.29, 1.82) is 0 Å². The molecule has 0 unspecified atom stereocenters. The molecule has 150 valence electrons. The first-order valence-electron chi connectivity index (χ1n) is 8.82. The summed E-state index contributed by atoms with van der Waals surface area (Å²) in [7, 11) is 1.74. The molecule has 0 amide bonds. The molecule has 9 heteroatoms. The van der Waals surface area contributed by atoms with Crippen molar-refractivity contribution in [3.05, 3.63) is 58.4 Å². The predicted octanol–water partition coefficient (Wildman–Crippen LogP) is 2.97. The summed E-state index contributed by atoms with van der Waals surface area (Å²) in [5.41, 5.74) is 5.04. The minimum Gasteiger partial charge on any atom is -0.361 e. The number of rotatable bonds is 5. The van der Waals surface area contributed by atoms with E-state index in [0.717, 1.165) is 39.8 Å². The molecule has 3 aromatic rings. The van der Waals surface area contributed by atoms with Crippen molar-refractivity contribution in [2.75, 3.05) is 7.05 Å². The zero-order valence-electron chi connectivity index (χ0n) is 16.8. The van der Waals surface area contributed by atoms with Gasteiger partial charge < -0.3 is 15.2 Å². The third-order valence-electron chi connectivity index (χ3n) is 4.33. The SMILES string of the molecule is CN=C(NCc1ccc(-n2nc(C)cc2C)nc1)NCc1c(C)noc1C.I. The largest absolute Gasteiger partial charge is 0.361 e. The highest BCUT2D eigenvalue weighted by molar-refractivity contribution is 14.0. The molecule has 0 saturated heterocycles. The van der Waals surface area contributed by atoms with Gasteiger partial charge in [-0.1, -0.05) is 11.2 Å². The number of nitrogens with one attached hydrogen (secondary N) is 2. The summed E-state index contributed by atoms with van der Waals surface area (Å²) in [5.74, 6) is 2.34. The molecule has 2 N–H and O–H groups in total. The van der Waals surface area contributed by atoms with Crippen molar-refractivity contribution in [2.24, 2.45) is 4.99 Å². The number of halogens is 1. The molecule has 3 heterocycles. The van der Waals surface area contributed by atoms with Gasteiger partial charge in [0.05, 0.1) is 11.4 Å². The van der Waals surface area contributed by atoms with Crippen LogP contribution in [0, 0.1) is 27.7 Å². The Kier molecular flexibility index (Phi) is 7.55. The molecule has 3 aromatic heterocycles. The molecule has 0 spiro atoms. The second-order valence-corrected chi connectivity index (χ2v) is 6.45. The molecule has 0 atom stereocenters. The quantitative estimate of drug-likeness (QED) is 0.321. The van der Waals surface area contributed by atoms with Crippen LogP contribution in [0.25, 0.3) is 5.82 Å². The van der Waals surface area contributed by atoms with Crippen molar-refractivity contribution < 1.29 is 4.52 Å². The van der Waals surface area contributed by atoms with Gasteiger partial charge in [-0.3, -0.25) is 4.99 Å². The topological polar surface area (TPSA) is 93.2 Å². The Bertz CT molecular complexity index is 924. The van der Waals surface area contributed by atoms with E-state index in [1.54, 1.807) is 7.05 Å². The number of hydrogen-bond acceptors (Lipinski definition) is 5. The maximum absolute atomic E-state index is 5.18. The fraction of sp³-hybridized carbons (Fsp3) is 0.368. The monoisotopic (exact) mass is 495 g/mol. The molecule has 0 bridgehead atoms. The fourth-order valence-electron chi connectivity index (χ4n) is 2.84. The van der Waals surface area contributed by atoms with Gasteiger partial charge in [-0.05, 0) is 45.4 Å². The Hall–Kier alpha value is -2.43. The number of aliphatic imine (C=N–C) groups is 1. The summed E-state index contributed by atoms with van der Waals surface area (Å²) in [6.45, 7) is 9.05. The van der Waals surface area contributed by atoms with Gasteiger partial charge in [-0.15, -0.1) is 24.0 Å². The first-order valence-corrected chi connectivity index (χ1v) is 8.82. The molecule has 0 radical (unpaired) electrons. The molecule has 0 aliphatic carbocycles. The summed E-state index contributed by atoms with van der Waals surface area (Å²) in [5, 5.41) is 15.0. The zero-order valence-corrected chi connectivity index (χ0v) is 19.1. The second-order valence-electron chi connectivity index (χ2n) is 6.45. The van der Waals surface area contributed by atoms with E-state index in [1.165, 1.54) is 0 Å². The van der Waals surface area contributed by atoms with E-state index in [0.29, 0.717) is 19.0 Å². The lowest BCUT2D eigenvalue weighted by Gasteiger charge is -2.12. The lowest BCUT2D eigenvalue weighted by Crippen LogP contribution is -2.36. The average Bonchev–Trinajstić information content (AvgIpc) is 3.17. The highest BCUT2D eigenvalue weighted by Gasteiger charge is 2.09. The number of nitrogens with zero attached hydrogens (tertiary/aromatic N) is 5. The number of hydrogen-bond donors (Lipinski definition) is 2. The molecule has 28 heavy (non-hydrogen) atoms. The zero-order chi connectivity index (χ0) is 19.4. The Morgan fingerprint density at radius 2 is 1.89 bits per heavy atom. The van der Waals surface area contributed by atoms with Gasteiger partial charge in [0, 0.05) is 37.6 Å². The summed E-state index contributed by atoms with van der Waals surface area (Å²) < 4.78 is 7.03. The van der Waals surface area contributed by atoms with Crippen LogP contribution in [0.1, 0.15) is 34.0 Å². The second kappa shape index (κ2) is 9.67. The van der Waals surface area contributed by atoms with Crippen molar-refractivity contribution in [1.82, 2.24) is 30.6 Å². The standard InChI is InChI=1S/C19H25N7O.HI/c1-12-8-13(2)26(24-12)18-7-6-16(9-21-18)10-22-19(20-5)23-11-17-14(3)25-27-15(17)4;/h6-9H,10-11H2,1-5H3,(H2,20,22,23);1H. The summed E-state index contributed by atoms with van der Waals surface area (Å²) in [6.07, 6.45) is 1.85. The van der Waals surface area contributed by atoms with Crippen LogP contribution < -0.4 is 10.6 Å². The van der Waals surface area contributed by atoms with Crippen LogP contribution in [-0.4, -0.2) is 32.9 Å². The molecule has 0 saturated carbocycles. The van der Waals surface area contributed by atoms with Gasteiger partial charge in [0.15, 0.2) is 11.8 Å². The van der Waals surface area contributed by atoms with Crippen LogP contribution in [0.15, 0.2) is 33.9 Å². The summed E-state index contributed by atoms with van der Waals surface area (Å²) in [6, 6.07) is 6.04. The van der Waals surface area contributed by atoms with E-state index in [1.807, 2.05) is 56.8 Å². The lowest BCUT2D eigenvalue weighted by atomic mass is 10.2. The van der Waals surface area contributed by atoms with Crippen molar-refractivity contribution in [3.63, 3.8) is 0 Å². The predicted molar refractivity (Wildman–Crippen MR) is 119 cm³/mol.